The third kappa shape index (κ3) is 3.94. The van der Waals surface area contributed by atoms with Crippen LogP contribution in [0.3, 0.4) is 0 Å². The maximum atomic E-state index is 12.3. The molecule has 0 radical (unpaired) electrons. The van der Waals surface area contributed by atoms with E-state index in [-0.39, 0.29) is 18.9 Å². The van der Waals surface area contributed by atoms with Gasteiger partial charge in [-0.25, -0.2) is 9.97 Å². The maximum Gasteiger partial charge on any atom is 0.433 e. The highest BCUT2D eigenvalue weighted by Crippen LogP contribution is 2.27. The van der Waals surface area contributed by atoms with Gasteiger partial charge >= 0.3 is 6.18 Å². The van der Waals surface area contributed by atoms with E-state index in [9.17, 15) is 13.2 Å². The molecule has 0 spiro atoms. The molecule has 0 aliphatic carbocycles. The molecule has 1 unspecified atom stereocenters. The molecular formula is C9H10ClF3N2O. The van der Waals surface area contributed by atoms with Crippen LogP contribution < -0.4 is 0 Å². The Morgan fingerprint density at radius 2 is 2.19 bits per heavy atom. The van der Waals surface area contributed by atoms with E-state index < -0.39 is 17.2 Å². The van der Waals surface area contributed by atoms with Crippen molar-refractivity contribution in [2.45, 2.75) is 18.0 Å². The van der Waals surface area contributed by atoms with Crippen molar-refractivity contribution < 1.29 is 17.9 Å². The van der Waals surface area contributed by atoms with Gasteiger partial charge in [-0.05, 0) is 6.07 Å². The van der Waals surface area contributed by atoms with Crippen LogP contribution in [0.5, 0.6) is 0 Å². The predicted octanol–water partition coefficient (Wildman–Crippen LogP) is 2.29. The van der Waals surface area contributed by atoms with Crippen molar-refractivity contribution in [1.29, 1.82) is 0 Å². The molecule has 90 valence electrons. The Hall–Kier alpha value is -0.880. The molecule has 7 heteroatoms. The van der Waals surface area contributed by atoms with Gasteiger partial charge in [0.15, 0.2) is 0 Å². The largest absolute Gasteiger partial charge is 0.433 e. The molecule has 16 heavy (non-hydrogen) atoms. The van der Waals surface area contributed by atoms with Gasteiger partial charge in [0, 0.05) is 19.7 Å². The fraction of sp³-hybridized carbons (Fsp3) is 0.556. The second-order valence-corrected chi connectivity index (χ2v) is 3.73. The summed E-state index contributed by atoms with van der Waals surface area (Å²) in [6.45, 7) is 0.237. The molecule has 0 aromatic carbocycles. The van der Waals surface area contributed by atoms with Crippen molar-refractivity contribution in [2.24, 2.45) is 0 Å². The molecule has 0 fully saturated rings. The zero-order chi connectivity index (χ0) is 12.2. The number of alkyl halides is 4. The lowest BCUT2D eigenvalue weighted by Crippen LogP contribution is -2.15. The SMILES string of the molecule is COCC(Cl)Cc1nccc(C(F)(F)F)n1. The van der Waals surface area contributed by atoms with Crippen LogP contribution in [0.4, 0.5) is 13.2 Å². The first-order valence-electron chi connectivity index (χ1n) is 4.45. The van der Waals surface area contributed by atoms with Gasteiger partial charge in [-0.1, -0.05) is 0 Å². The number of methoxy groups -OCH3 is 1. The Morgan fingerprint density at radius 3 is 2.75 bits per heavy atom. The lowest BCUT2D eigenvalue weighted by Gasteiger charge is -2.09. The summed E-state index contributed by atoms with van der Waals surface area (Å²) in [5, 5.41) is -0.437. The summed E-state index contributed by atoms with van der Waals surface area (Å²) in [7, 11) is 1.46. The summed E-state index contributed by atoms with van der Waals surface area (Å²) in [4.78, 5) is 7.11. The van der Waals surface area contributed by atoms with Crippen molar-refractivity contribution in [3.8, 4) is 0 Å². The smallest absolute Gasteiger partial charge is 0.383 e. The first kappa shape index (κ1) is 13.2. The molecule has 1 aromatic rings. The lowest BCUT2D eigenvalue weighted by molar-refractivity contribution is -0.141. The number of hydrogen-bond acceptors (Lipinski definition) is 3. The van der Waals surface area contributed by atoms with Gasteiger partial charge in [0.25, 0.3) is 0 Å². The first-order valence-corrected chi connectivity index (χ1v) is 4.89. The average Bonchev–Trinajstić information content (AvgIpc) is 2.17. The van der Waals surface area contributed by atoms with E-state index in [4.69, 9.17) is 16.3 Å². The maximum absolute atomic E-state index is 12.3. The summed E-state index contributed by atoms with van der Waals surface area (Å²) >= 11 is 5.80. The zero-order valence-electron chi connectivity index (χ0n) is 8.46. The fourth-order valence-electron chi connectivity index (χ4n) is 1.09. The molecule has 0 aliphatic heterocycles. The number of ether oxygens (including phenoxy) is 1. The van der Waals surface area contributed by atoms with Gasteiger partial charge in [-0.15, -0.1) is 11.6 Å². The third-order valence-electron chi connectivity index (χ3n) is 1.75. The number of hydrogen-bond donors (Lipinski definition) is 0. The van der Waals surface area contributed by atoms with E-state index in [2.05, 4.69) is 9.97 Å². The summed E-state index contributed by atoms with van der Waals surface area (Å²) in [5.41, 5.74) is -0.959. The molecular weight excluding hydrogens is 245 g/mol. The van der Waals surface area contributed by atoms with Crippen LogP contribution in [0.2, 0.25) is 0 Å². The van der Waals surface area contributed by atoms with Crippen LogP contribution in [0.25, 0.3) is 0 Å². The van der Waals surface area contributed by atoms with E-state index in [0.29, 0.717) is 0 Å². The lowest BCUT2D eigenvalue weighted by atomic mass is 10.3. The Morgan fingerprint density at radius 1 is 1.50 bits per heavy atom. The average molecular weight is 255 g/mol. The van der Waals surface area contributed by atoms with E-state index >= 15 is 0 Å². The molecule has 0 saturated carbocycles. The number of rotatable bonds is 4. The number of aromatic nitrogens is 2. The summed E-state index contributed by atoms with van der Waals surface area (Å²) in [6.07, 6.45) is -3.25. The van der Waals surface area contributed by atoms with E-state index in [1.165, 1.54) is 7.11 Å². The summed E-state index contributed by atoms with van der Waals surface area (Å²) in [5.74, 6) is 0.0619. The normalized spacial score (nSPS) is 13.8. The van der Waals surface area contributed by atoms with Crippen molar-refractivity contribution in [2.75, 3.05) is 13.7 Å². The van der Waals surface area contributed by atoms with Gasteiger partial charge in [0.2, 0.25) is 0 Å². The summed E-state index contributed by atoms with van der Waals surface area (Å²) < 4.78 is 41.7. The van der Waals surface area contributed by atoms with Crippen LogP contribution >= 0.6 is 11.6 Å². The van der Waals surface area contributed by atoms with Crippen LogP contribution in [0, 0.1) is 0 Å². The van der Waals surface area contributed by atoms with Crippen molar-refractivity contribution in [3.05, 3.63) is 23.8 Å². The van der Waals surface area contributed by atoms with Crippen LogP contribution in [0.1, 0.15) is 11.5 Å². The highest BCUT2D eigenvalue weighted by molar-refractivity contribution is 6.20. The molecule has 0 saturated heterocycles. The number of halogens is 4. The molecule has 0 bridgehead atoms. The van der Waals surface area contributed by atoms with Crippen molar-refractivity contribution >= 4 is 11.6 Å². The number of nitrogens with zero attached hydrogens (tertiary/aromatic N) is 2. The Kier molecular flexibility index (Phi) is 4.49. The van der Waals surface area contributed by atoms with Crippen LogP contribution in [-0.4, -0.2) is 29.1 Å². The Labute approximate surface area is 95.6 Å². The molecule has 1 atom stereocenters. The molecule has 3 nitrogen and oxygen atoms in total. The van der Waals surface area contributed by atoms with Gasteiger partial charge in [0.1, 0.15) is 11.5 Å². The monoisotopic (exact) mass is 254 g/mol. The quantitative estimate of drug-likeness (QED) is 0.774. The summed E-state index contributed by atoms with van der Waals surface area (Å²) in [6, 6.07) is 0.822. The second-order valence-electron chi connectivity index (χ2n) is 3.11. The molecule has 1 rings (SSSR count). The predicted molar refractivity (Wildman–Crippen MR) is 52.3 cm³/mol. The van der Waals surface area contributed by atoms with E-state index in [1.54, 1.807) is 0 Å². The van der Waals surface area contributed by atoms with Gasteiger partial charge in [-0.2, -0.15) is 13.2 Å². The first-order chi connectivity index (χ1) is 7.43. The molecule has 1 aromatic heterocycles. The van der Waals surface area contributed by atoms with Gasteiger partial charge < -0.3 is 4.74 Å². The highest BCUT2D eigenvalue weighted by atomic mass is 35.5. The Balaban J connectivity index is 2.75. The van der Waals surface area contributed by atoms with Gasteiger partial charge in [0.05, 0.1) is 12.0 Å². The third-order valence-corrected chi connectivity index (χ3v) is 2.03. The van der Waals surface area contributed by atoms with Gasteiger partial charge in [-0.3, -0.25) is 0 Å². The Bertz CT molecular complexity index is 346. The minimum Gasteiger partial charge on any atom is -0.383 e. The molecule has 0 amide bonds. The highest BCUT2D eigenvalue weighted by Gasteiger charge is 2.32. The molecule has 1 heterocycles. The van der Waals surface area contributed by atoms with Crippen molar-refractivity contribution in [1.82, 2.24) is 9.97 Å². The minimum atomic E-state index is -4.46. The fourth-order valence-corrected chi connectivity index (χ4v) is 1.36. The standard InChI is InChI=1S/C9H10ClF3N2O/c1-16-5-6(10)4-8-14-3-2-7(15-8)9(11,12)13/h2-3,6H,4-5H2,1H3. The molecule has 0 aliphatic rings. The van der Waals surface area contributed by atoms with Crippen LogP contribution in [0.15, 0.2) is 12.3 Å². The minimum absolute atomic E-state index is 0.0619. The van der Waals surface area contributed by atoms with E-state index in [1.807, 2.05) is 0 Å². The topological polar surface area (TPSA) is 35.0 Å². The molecule has 0 N–H and O–H groups in total. The zero-order valence-corrected chi connectivity index (χ0v) is 9.22. The van der Waals surface area contributed by atoms with E-state index in [0.717, 1.165) is 12.3 Å². The second kappa shape index (κ2) is 5.45. The van der Waals surface area contributed by atoms with Crippen LogP contribution in [-0.2, 0) is 17.3 Å². The van der Waals surface area contributed by atoms with Crippen molar-refractivity contribution in [3.63, 3.8) is 0 Å².